The van der Waals surface area contributed by atoms with E-state index in [0.29, 0.717) is 34.7 Å². The number of hydrogen-bond acceptors (Lipinski definition) is 5. The zero-order chi connectivity index (χ0) is 26.1. The zero-order valence-electron chi connectivity index (χ0n) is 20.9. The topological polar surface area (TPSA) is 64.4 Å². The summed E-state index contributed by atoms with van der Waals surface area (Å²) in [7, 11) is -3.94. The molecule has 194 valence electrons. The highest BCUT2D eigenvalue weighted by Gasteiger charge is 2.27. The molecule has 0 radical (unpaired) electrons. The molecule has 0 atom stereocenters. The number of hydrogen-bond donors (Lipinski definition) is 0. The summed E-state index contributed by atoms with van der Waals surface area (Å²) >= 11 is 6.21. The Hall–Kier alpha value is -3.39. The summed E-state index contributed by atoms with van der Waals surface area (Å²) in [6.07, 6.45) is 2.46. The van der Waals surface area contributed by atoms with E-state index in [1.807, 2.05) is 66.7 Å². The van der Waals surface area contributed by atoms with Crippen LogP contribution in [0.2, 0.25) is 5.02 Å². The molecule has 38 heavy (non-hydrogen) atoms. The Morgan fingerprint density at radius 3 is 2.50 bits per heavy atom. The molecule has 1 fully saturated rings. The first kappa shape index (κ1) is 24.9. The van der Waals surface area contributed by atoms with Crippen molar-refractivity contribution in [3.63, 3.8) is 0 Å². The van der Waals surface area contributed by atoms with E-state index in [4.69, 9.17) is 16.3 Å². The lowest BCUT2D eigenvalue weighted by Gasteiger charge is -2.15. The summed E-state index contributed by atoms with van der Waals surface area (Å²) < 4.78 is 36.1. The van der Waals surface area contributed by atoms with Crippen LogP contribution in [0.4, 0.5) is 0 Å². The van der Waals surface area contributed by atoms with Crippen LogP contribution in [-0.4, -0.2) is 49.3 Å². The van der Waals surface area contributed by atoms with Crippen LogP contribution < -0.4 is 4.74 Å². The third-order valence-electron chi connectivity index (χ3n) is 7.08. The molecule has 0 aliphatic carbocycles. The van der Waals surface area contributed by atoms with E-state index in [1.165, 1.54) is 12.8 Å². The smallest absolute Gasteiger partial charge is 0.226 e. The van der Waals surface area contributed by atoms with Crippen LogP contribution in [0.15, 0.2) is 94.9 Å². The molecular formula is C30H28ClN3O3S. The van der Waals surface area contributed by atoms with E-state index in [9.17, 15) is 8.42 Å². The fraction of sp³-hybridized carbons (Fsp3) is 0.233. The summed E-state index contributed by atoms with van der Waals surface area (Å²) in [4.78, 5) is 2.63. The molecule has 0 unspecified atom stereocenters. The van der Waals surface area contributed by atoms with E-state index in [2.05, 4.69) is 10.00 Å². The average Bonchev–Trinajstić information content (AvgIpc) is 3.57. The number of nitrogens with zero attached hydrogens (tertiary/aromatic N) is 3. The minimum absolute atomic E-state index is 0.0240. The maximum Gasteiger partial charge on any atom is 0.226 e. The highest BCUT2D eigenvalue weighted by Crippen LogP contribution is 2.34. The van der Waals surface area contributed by atoms with Gasteiger partial charge in [0.2, 0.25) is 9.84 Å². The van der Waals surface area contributed by atoms with Gasteiger partial charge in [0.15, 0.2) is 5.03 Å². The average molecular weight is 546 g/mol. The van der Waals surface area contributed by atoms with Gasteiger partial charge in [0.25, 0.3) is 0 Å². The van der Waals surface area contributed by atoms with E-state index in [0.717, 1.165) is 36.1 Å². The number of sulfone groups is 1. The van der Waals surface area contributed by atoms with Crippen molar-refractivity contribution in [2.75, 3.05) is 26.2 Å². The molecule has 8 heteroatoms. The lowest BCUT2D eigenvalue weighted by Crippen LogP contribution is -2.25. The van der Waals surface area contributed by atoms with E-state index >= 15 is 0 Å². The molecule has 0 spiro atoms. The summed E-state index contributed by atoms with van der Waals surface area (Å²) in [5.74, 6) is 0.633. The monoisotopic (exact) mass is 545 g/mol. The van der Waals surface area contributed by atoms with Crippen molar-refractivity contribution in [3.05, 3.63) is 95.5 Å². The molecule has 6 nitrogen and oxygen atoms in total. The molecule has 0 amide bonds. The minimum Gasteiger partial charge on any atom is -0.492 e. The zero-order valence-corrected chi connectivity index (χ0v) is 22.5. The van der Waals surface area contributed by atoms with Gasteiger partial charge in [0.1, 0.15) is 12.4 Å². The number of rotatable bonds is 8. The normalized spacial score (nSPS) is 14.4. The van der Waals surface area contributed by atoms with Gasteiger partial charge >= 0.3 is 0 Å². The number of aromatic nitrogens is 2. The maximum atomic E-state index is 14.1. The fourth-order valence-corrected chi connectivity index (χ4v) is 6.99. The lowest BCUT2D eigenvalue weighted by atomic mass is 10.1. The Morgan fingerprint density at radius 2 is 1.66 bits per heavy atom. The molecule has 0 saturated carbocycles. The summed E-state index contributed by atoms with van der Waals surface area (Å²) in [5, 5.41) is 7.40. The third kappa shape index (κ3) is 4.89. The van der Waals surface area contributed by atoms with Gasteiger partial charge in [-0.2, -0.15) is 5.10 Å². The quantitative estimate of drug-likeness (QED) is 0.232. The molecule has 4 aromatic carbocycles. The number of benzene rings is 4. The first-order valence-electron chi connectivity index (χ1n) is 12.8. The van der Waals surface area contributed by atoms with Crippen LogP contribution in [0.1, 0.15) is 18.4 Å². The molecule has 5 aromatic rings. The molecule has 2 heterocycles. The molecule has 1 aliphatic heterocycles. The van der Waals surface area contributed by atoms with Gasteiger partial charge in [0, 0.05) is 22.3 Å². The van der Waals surface area contributed by atoms with Crippen molar-refractivity contribution < 1.29 is 13.2 Å². The van der Waals surface area contributed by atoms with Crippen molar-refractivity contribution in [2.24, 2.45) is 0 Å². The molecule has 1 saturated heterocycles. The second-order valence-corrected chi connectivity index (χ2v) is 11.9. The van der Waals surface area contributed by atoms with Crippen LogP contribution in [0.25, 0.3) is 21.7 Å². The number of fused-ring (bicyclic) bond motifs is 2. The molecule has 0 bridgehead atoms. The number of ether oxygens (including phenoxy) is 1. The fourth-order valence-electron chi connectivity index (χ4n) is 5.18. The maximum absolute atomic E-state index is 14.1. The summed E-state index contributed by atoms with van der Waals surface area (Å²) in [6.45, 7) is 4.00. The highest BCUT2D eigenvalue weighted by atomic mass is 35.5. The number of halogens is 1. The predicted molar refractivity (Wildman–Crippen MR) is 151 cm³/mol. The van der Waals surface area contributed by atoms with Crippen molar-refractivity contribution >= 4 is 43.1 Å². The first-order chi connectivity index (χ1) is 18.5. The molecular weight excluding hydrogens is 518 g/mol. The first-order valence-corrected chi connectivity index (χ1v) is 14.7. The van der Waals surface area contributed by atoms with Gasteiger partial charge in [-0.3, -0.25) is 9.58 Å². The SMILES string of the molecule is O=S(=O)(c1cccc2ccccc12)c1nn(Cc2cccc(Cl)c2)c2ccc(OCCN3CCCC3)cc12. The largest absolute Gasteiger partial charge is 0.492 e. The van der Waals surface area contributed by atoms with Crippen LogP contribution in [0, 0.1) is 0 Å². The van der Waals surface area contributed by atoms with Crippen molar-refractivity contribution in [3.8, 4) is 5.75 Å². The summed E-state index contributed by atoms with van der Waals surface area (Å²) in [6, 6.07) is 25.9. The lowest BCUT2D eigenvalue weighted by molar-refractivity contribution is 0.238. The van der Waals surface area contributed by atoms with Gasteiger partial charge in [-0.1, -0.05) is 60.1 Å². The standard InChI is InChI=1S/C30H28ClN3O3S/c31-24-10-5-7-22(19-24)21-34-28-14-13-25(37-18-17-33-15-3-4-16-33)20-27(28)30(32-34)38(35,36)29-12-6-9-23-8-1-2-11-26(23)29/h1-2,5-14,19-20H,3-4,15-18,21H2. The van der Waals surface area contributed by atoms with Crippen LogP contribution in [0.5, 0.6) is 5.75 Å². The molecule has 1 aromatic heterocycles. The molecule has 0 N–H and O–H groups in total. The van der Waals surface area contributed by atoms with Gasteiger partial charge in [0.05, 0.1) is 17.0 Å². The van der Waals surface area contributed by atoms with Gasteiger partial charge in [-0.15, -0.1) is 0 Å². The van der Waals surface area contributed by atoms with Crippen LogP contribution in [0.3, 0.4) is 0 Å². The highest BCUT2D eigenvalue weighted by molar-refractivity contribution is 7.91. The molecule has 1 aliphatic rings. The summed E-state index contributed by atoms with van der Waals surface area (Å²) in [5.41, 5.74) is 1.65. The van der Waals surface area contributed by atoms with Gasteiger partial charge in [-0.25, -0.2) is 8.42 Å². The van der Waals surface area contributed by atoms with Crippen LogP contribution >= 0.6 is 11.6 Å². The van der Waals surface area contributed by atoms with Crippen LogP contribution in [-0.2, 0) is 16.4 Å². The van der Waals surface area contributed by atoms with Crippen molar-refractivity contribution in [1.29, 1.82) is 0 Å². The Kier molecular flexibility index (Phi) is 6.82. The van der Waals surface area contributed by atoms with Gasteiger partial charge < -0.3 is 4.74 Å². The van der Waals surface area contributed by atoms with E-state index in [1.54, 1.807) is 22.9 Å². The Morgan fingerprint density at radius 1 is 0.868 bits per heavy atom. The molecule has 6 rings (SSSR count). The predicted octanol–water partition coefficient (Wildman–Crippen LogP) is 6.20. The van der Waals surface area contributed by atoms with Crippen molar-refractivity contribution in [1.82, 2.24) is 14.7 Å². The Balaban J connectivity index is 1.43. The van der Waals surface area contributed by atoms with Gasteiger partial charge in [-0.05, 0) is 73.3 Å². The second-order valence-electron chi connectivity index (χ2n) is 9.65. The van der Waals surface area contributed by atoms with E-state index in [-0.39, 0.29) is 9.92 Å². The Bertz CT molecular complexity index is 1720. The second kappa shape index (κ2) is 10.4. The number of likely N-dealkylation sites (tertiary alicyclic amines) is 1. The third-order valence-corrected chi connectivity index (χ3v) is 9.06. The minimum atomic E-state index is -3.94. The van der Waals surface area contributed by atoms with E-state index < -0.39 is 9.84 Å². The Labute approximate surface area is 227 Å². The van der Waals surface area contributed by atoms with Crippen molar-refractivity contribution in [2.45, 2.75) is 29.3 Å².